The zero-order valence-electron chi connectivity index (χ0n) is 10.3. The monoisotopic (exact) mass is 295 g/mol. The van der Waals surface area contributed by atoms with E-state index in [0.717, 1.165) is 18.8 Å². The molecule has 0 aromatic carbocycles. The van der Waals surface area contributed by atoms with E-state index in [2.05, 4.69) is 10.4 Å². The minimum absolute atomic E-state index is 0.304. The van der Waals surface area contributed by atoms with Crippen LogP contribution in [0.3, 0.4) is 0 Å². The van der Waals surface area contributed by atoms with Crippen molar-refractivity contribution in [3.63, 3.8) is 0 Å². The molecule has 7 nitrogen and oxygen atoms in total. The third-order valence-corrected chi connectivity index (χ3v) is 2.63. The summed E-state index contributed by atoms with van der Waals surface area (Å²) in [6, 6.07) is 0. The molecule has 0 radical (unpaired) electrons. The molecule has 112 valence electrons. The number of carboxylic acids is 2. The normalized spacial score (nSPS) is 15.0. The topological polar surface area (TPSA) is 104 Å². The first-order chi connectivity index (χ1) is 9.14. The second kappa shape index (κ2) is 5.90. The third kappa shape index (κ3) is 3.70. The first kappa shape index (κ1) is 16.0. The van der Waals surface area contributed by atoms with Crippen molar-refractivity contribution < 1.29 is 33.0 Å². The van der Waals surface area contributed by atoms with Crippen LogP contribution in [-0.2, 0) is 11.8 Å². The zero-order chi connectivity index (χ0) is 15.5. The fourth-order valence-corrected chi connectivity index (χ4v) is 1.58. The second-order valence-electron chi connectivity index (χ2n) is 4.03. The summed E-state index contributed by atoms with van der Waals surface area (Å²) >= 11 is 0. The Kier molecular flexibility index (Phi) is 4.71. The average molecular weight is 295 g/mol. The van der Waals surface area contributed by atoms with Crippen molar-refractivity contribution >= 4 is 11.9 Å². The molecule has 1 aliphatic rings. The molecule has 3 N–H and O–H groups in total. The Morgan fingerprint density at radius 1 is 1.40 bits per heavy atom. The van der Waals surface area contributed by atoms with Crippen molar-refractivity contribution in [3.8, 4) is 0 Å². The van der Waals surface area contributed by atoms with Gasteiger partial charge in [-0.05, 0) is 0 Å². The number of nitrogens with one attached hydrogen (secondary N) is 1. The predicted octanol–water partition coefficient (Wildman–Crippen LogP) is 0.438. The van der Waals surface area contributed by atoms with Crippen molar-refractivity contribution in [1.82, 2.24) is 15.1 Å². The molecule has 2 rings (SSSR count). The quantitative estimate of drug-likeness (QED) is 0.731. The number of aryl methyl sites for hydroxylation is 1. The van der Waals surface area contributed by atoms with Gasteiger partial charge in [-0.3, -0.25) is 4.68 Å². The SMILES string of the molecule is Cn1ncc(C(=O)O)c1C1CNC1.O=C(O)C(F)(F)F. The van der Waals surface area contributed by atoms with Crippen LogP contribution in [0.1, 0.15) is 22.0 Å². The predicted molar refractivity (Wildman–Crippen MR) is 59.5 cm³/mol. The van der Waals surface area contributed by atoms with Gasteiger partial charge in [-0.15, -0.1) is 0 Å². The molecule has 2 heterocycles. The third-order valence-electron chi connectivity index (χ3n) is 2.63. The van der Waals surface area contributed by atoms with Crippen LogP contribution in [-0.4, -0.2) is 51.2 Å². The number of halogens is 3. The standard InChI is InChI=1S/C8H11N3O2.C2HF3O2/c1-11-7(5-2-9-3-5)6(4-10-11)8(12)13;3-2(4,5)1(6)7/h4-5,9H,2-3H2,1H3,(H,12,13);(H,6,7). The van der Waals surface area contributed by atoms with E-state index >= 15 is 0 Å². The zero-order valence-corrected chi connectivity index (χ0v) is 10.3. The Balaban J connectivity index is 0.000000246. The lowest BCUT2D eigenvalue weighted by Gasteiger charge is -2.27. The van der Waals surface area contributed by atoms with Crippen LogP contribution in [0.4, 0.5) is 13.2 Å². The molecule has 0 aliphatic carbocycles. The van der Waals surface area contributed by atoms with Crippen LogP contribution in [0.25, 0.3) is 0 Å². The smallest absolute Gasteiger partial charge is 0.478 e. The van der Waals surface area contributed by atoms with Gasteiger partial charge in [0.05, 0.1) is 11.9 Å². The van der Waals surface area contributed by atoms with Crippen molar-refractivity contribution in [2.24, 2.45) is 7.05 Å². The Bertz CT molecular complexity index is 508. The number of nitrogens with zero attached hydrogens (tertiary/aromatic N) is 2. The number of rotatable bonds is 2. The van der Waals surface area contributed by atoms with Crippen molar-refractivity contribution in [2.75, 3.05) is 13.1 Å². The summed E-state index contributed by atoms with van der Waals surface area (Å²) in [5, 5.41) is 23.1. The Morgan fingerprint density at radius 2 is 1.90 bits per heavy atom. The number of aromatic nitrogens is 2. The highest BCUT2D eigenvalue weighted by atomic mass is 19.4. The Labute approximate surface area is 111 Å². The maximum Gasteiger partial charge on any atom is 0.490 e. The van der Waals surface area contributed by atoms with Crippen LogP contribution < -0.4 is 5.32 Å². The summed E-state index contributed by atoms with van der Waals surface area (Å²) in [5.41, 5.74) is 1.15. The highest BCUT2D eigenvalue weighted by molar-refractivity contribution is 5.88. The molecule has 10 heteroatoms. The molecule has 1 saturated heterocycles. The molecule has 0 atom stereocenters. The maximum absolute atomic E-state index is 10.8. The fourth-order valence-electron chi connectivity index (χ4n) is 1.58. The van der Waals surface area contributed by atoms with Crippen LogP contribution in [0.2, 0.25) is 0 Å². The second-order valence-corrected chi connectivity index (χ2v) is 4.03. The summed E-state index contributed by atoms with van der Waals surface area (Å²) < 4.78 is 33.4. The maximum atomic E-state index is 10.8. The minimum Gasteiger partial charge on any atom is -0.478 e. The molecule has 0 spiro atoms. The van der Waals surface area contributed by atoms with Gasteiger partial charge in [-0.25, -0.2) is 9.59 Å². The number of aliphatic carboxylic acids is 1. The summed E-state index contributed by atoms with van der Waals surface area (Å²) in [6.07, 6.45) is -3.67. The van der Waals surface area contributed by atoms with Gasteiger partial charge in [0.15, 0.2) is 0 Å². The van der Waals surface area contributed by atoms with Gasteiger partial charge in [0.1, 0.15) is 5.56 Å². The number of aromatic carboxylic acids is 1. The van der Waals surface area contributed by atoms with E-state index in [4.69, 9.17) is 15.0 Å². The lowest BCUT2D eigenvalue weighted by atomic mass is 9.96. The number of hydrogen-bond acceptors (Lipinski definition) is 4. The number of hydrogen-bond donors (Lipinski definition) is 3. The van der Waals surface area contributed by atoms with Crippen LogP contribution in [0.15, 0.2) is 6.20 Å². The van der Waals surface area contributed by atoms with E-state index in [1.165, 1.54) is 6.20 Å². The molecule has 0 bridgehead atoms. The van der Waals surface area contributed by atoms with Gasteiger partial charge in [-0.2, -0.15) is 18.3 Å². The number of alkyl halides is 3. The number of carbonyl (C=O) groups is 2. The van der Waals surface area contributed by atoms with Crippen LogP contribution in [0, 0.1) is 0 Å². The van der Waals surface area contributed by atoms with Crippen molar-refractivity contribution in [2.45, 2.75) is 12.1 Å². The molecule has 20 heavy (non-hydrogen) atoms. The van der Waals surface area contributed by atoms with Gasteiger partial charge in [0, 0.05) is 26.1 Å². The minimum atomic E-state index is -5.08. The Morgan fingerprint density at radius 3 is 2.20 bits per heavy atom. The molecule has 1 aromatic heterocycles. The van der Waals surface area contributed by atoms with E-state index in [1.54, 1.807) is 11.7 Å². The summed E-state index contributed by atoms with van der Waals surface area (Å²) in [7, 11) is 1.78. The molecule has 0 unspecified atom stereocenters. The lowest BCUT2D eigenvalue weighted by Crippen LogP contribution is -2.41. The highest BCUT2D eigenvalue weighted by Gasteiger charge is 2.38. The first-order valence-electron chi connectivity index (χ1n) is 5.40. The largest absolute Gasteiger partial charge is 0.490 e. The van der Waals surface area contributed by atoms with Crippen molar-refractivity contribution in [1.29, 1.82) is 0 Å². The van der Waals surface area contributed by atoms with E-state index in [9.17, 15) is 18.0 Å². The van der Waals surface area contributed by atoms with Gasteiger partial charge < -0.3 is 15.5 Å². The lowest BCUT2D eigenvalue weighted by molar-refractivity contribution is -0.192. The molecule has 1 aliphatic heterocycles. The van der Waals surface area contributed by atoms with Crippen molar-refractivity contribution in [3.05, 3.63) is 17.5 Å². The van der Waals surface area contributed by atoms with E-state index in [1.807, 2.05) is 0 Å². The molecule has 0 amide bonds. The van der Waals surface area contributed by atoms with Gasteiger partial charge in [0.2, 0.25) is 0 Å². The molecular formula is C10H12F3N3O4. The highest BCUT2D eigenvalue weighted by Crippen LogP contribution is 2.22. The average Bonchev–Trinajstić information content (AvgIpc) is 2.58. The Hall–Kier alpha value is -2.10. The van der Waals surface area contributed by atoms with Gasteiger partial charge >= 0.3 is 18.1 Å². The summed E-state index contributed by atoms with van der Waals surface area (Å²) in [4.78, 5) is 19.7. The van der Waals surface area contributed by atoms with E-state index in [0.29, 0.717) is 11.5 Å². The molecule has 0 saturated carbocycles. The van der Waals surface area contributed by atoms with Gasteiger partial charge in [0.25, 0.3) is 0 Å². The van der Waals surface area contributed by atoms with Gasteiger partial charge in [-0.1, -0.05) is 0 Å². The van der Waals surface area contributed by atoms with E-state index < -0.39 is 18.1 Å². The summed E-state index contributed by atoms with van der Waals surface area (Å²) in [5.74, 6) is -3.35. The molecule has 1 aromatic rings. The van der Waals surface area contributed by atoms with Crippen LogP contribution >= 0.6 is 0 Å². The molecule has 1 fully saturated rings. The van der Waals surface area contributed by atoms with Crippen LogP contribution in [0.5, 0.6) is 0 Å². The fraction of sp³-hybridized carbons (Fsp3) is 0.500. The molecular weight excluding hydrogens is 283 g/mol. The summed E-state index contributed by atoms with van der Waals surface area (Å²) in [6.45, 7) is 1.69. The van der Waals surface area contributed by atoms with E-state index in [-0.39, 0.29) is 0 Å². The number of carboxylic acid groups (broad SMARTS) is 2. The first-order valence-corrected chi connectivity index (χ1v) is 5.40.